The number of halogens is 1. The number of nitrogen functional groups attached to an aromatic ring is 1. The zero-order valence-electron chi connectivity index (χ0n) is 10.8. The molecule has 98 valence electrons. The molecular weight excluding hydrogens is 260 g/mol. The van der Waals surface area contributed by atoms with Crippen LogP contribution in [0.2, 0.25) is 5.02 Å². The van der Waals surface area contributed by atoms with E-state index in [0.717, 1.165) is 11.1 Å². The van der Waals surface area contributed by atoms with Crippen molar-refractivity contribution < 1.29 is 4.79 Å². The van der Waals surface area contributed by atoms with Gasteiger partial charge < -0.3 is 11.1 Å². The van der Waals surface area contributed by atoms with Crippen molar-refractivity contribution in [2.24, 2.45) is 0 Å². The molecule has 3 nitrogen and oxygen atoms in total. The molecule has 0 spiro atoms. The second-order valence-electron chi connectivity index (χ2n) is 4.55. The Balaban J connectivity index is 2.22. The molecule has 0 aliphatic heterocycles. The number of anilines is 2. The van der Waals surface area contributed by atoms with E-state index < -0.39 is 0 Å². The highest BCUT2D eigenvalue weighted by atomic mass is 35.5. The van der Waals surface area contributed by atoms with Crippen LogP contribution in [0.25, 0.3) is 0 Å². The zero-order chi connectivity index (χ0) is 14.0. The molecule has 0 unspecified atom stereocenters. The Morgan fingerprint density at radius 2 is 1.89 bits per heavy atom. The first-order chi connectivity index (χ1) is 8.95. The molecule has 0 aliphatic rings. The van der Waals surface area contributed by atoms with Gasteiger partial charge in [0, 0.05) is 22.0 Å². The largest absolute Gasteiger partial charge is 0.399 e. The molecule has 0 radical (unpaired) electrons. The summed E-state index contributed by atoms with van der Waals surface area (Å²) in [6.07, 6.45) is 0. The van der Waals surface area contributed by atoms with Crippen LogP contribution in [-0.2, 0) is 0 Å². The summed E-state index contributed by atoms with van der Waals surface area (Å²) in [5, 5.41) is 3.43. The van der Waals surface area contributed by atoms with E-state index in [1.807, 2.05) is 32.0 Å². The van der Waals surface area contributed by atoms with Crippen molar-refractivity contribution in [3.8, 4) is 0 Å². The molecule has 0 bridgehead atoms. The van der Waals surface area contributed by atoms with E-state index in [1.165, 1.54) is 0 Å². The van der Waals surface area contributed by atoms with E-state index in [0.29, 0.717) is 22.0 Å². The fourth-order valence-electron chi connectivity index (χ4n) is 1.82. The zero-order valence-corrected chi connectivity index (χ0v) is 11.6. The highest BCUT2D eigenvalue weighted by molar-refractivity contribution is 6.31. The van der Waals surface area contributed by atoms with Crippen molar-refractivity contribution in [1.82, 2.24) is 0 Å². The fourth-order valence-corrected chi connectivity index (χ4v) is 2.00. The summed E-state index contributed by atoms with van der Waals surface area (Å²) in [6.45, 7) is 3.81. The number of aryl methyl sites for hydroxylation is 2. The van der Waals surface area contributed by atoms with Crippen LogP contribution in [0.5, 0.6) is 0 Å². The van der Waals surface area contributed by atoms with Crippen LogP contribution in [0.3, 0.4) is 0 Å². The standard InChI is InChI=1S/C15H15ClN2O/c1-9-5-11(7-12(17)6-9)15(19)18-13-4-3-10(2)14(16)8-13/h3-8H,17H2,1-2H3,(H,18,19). The van der Waals surface area contributed by atoms with Crippen LogP contribution in [0.1, 0.15) is 21.5 Å². The molecule has 3 N–H and O–H groups in total. The van der Waals surface area contributed by atoms with Crippen LogP contribution in [0.15, 0.2) is 36.4 Å². The summed E-state index contributed by atoms with van der Waals surface area (Å²) in [4.78, 5) is 12.1. The first-order valence-corrected chi connectivity index (χ1v) is 6.28. The van der Waals surface area contributed by atoms with Gasteiger partial charge in [0.15, 0.2) is 0 Å². The number of nitrogens with two attached hydrogens (primary N) is 1. The minimum Gasteiger partial charge on any atom is -0.399 e. The number of hydrogen-bond donors (Lipinski definition) is 2. The number of rotatable bonds is 2. The van der Waals surface area contributed by atoms with E-state index in [2.05, 4.69) is 5.32 Å². The van der Waals surface area contributed by atoms with Gasteiger partial charge in [-0.25, -0.2) is 0 Å². The number of amides is 1. The fraction of sp³-hybridized carbons (Fsp3) is 0.133. The van der Waals surface area contributed by atoms with Gasteiger partial charge in [-0.1, -0.05) is 17.7 Å². The van der Waals surface area contributed by atoms with Crippen molar-refractivity contribution in [1.29, 1.82) is 0 Å². The Morgan fingerprint density at radius 1 is 1.16 bits per heavy atom. The predicted octanol–water partition coefficient (Wildman–Crippen LogP) is 3.79. The smallest absolute Gasteiger partial charge is 0.255 e. The molecule has 0 aliphatic carbocycles. The second kappa shape index (κ2) is 5.33. The molecule has 2 rings (SSSR count). The Bertz CT molecular complexity index is 618. The van der Waals surface area contributed by atoms with E-state index in [-0.39, 0.29) is 5.91 Å². The van der Waals surface area contributed by atoms with Gasteiger partial charge in [-0.3, -0.25) is 4.79 Å². The maximum Gasteiger partial charge on any atom is 0.255 e. The van der Waals surface area contributed by atoms with E-state index in [1.54, 1.807) is 18.2 Å². The third kappa shape index (κ3) is 3.26. The summed E-state index contributed by atoms with van der Waals surface area (Å²) in [5.74, 6) is -0.199. The third-order valence-electron chi connectivity index (χ3n) is 2.79. The molecule has 0 heterocycles. The summed E-state index contributed by atoms with van der Waals surface area (Å²) in [5.41, 5.74) is 9.44. The molecule has 2 aromatic carbocycles. The van der Waals surface area contributed by atoms with Gasteiger partial charge >= 0.3 is 0 Å². The number of nitrogens with one attached hydrogen (secondary N) is 1. The third-order valence-corrected chi connectivity index (χ3v) is 3.20. The lowest BCUT2D eigenvalue weighted by Gasteiger charge is -2.08. The highest BCUT2D eigenvalue weighted by Crippen LogP contribution is 2.21. The molecule has 0 atom stereocenters. The Hall–Kier alpha value is -2.00. The summed E-state index contributed by atoms with van der Waals surface area (Å²) < 4.78 is 0. The Labute approximate surface area is 117 Å². The van der Waals surface area contributed by atoms with Gasteiger partial charge in [0.25, 0.3) is 5.91 Å². The number of hydrogen-bond acceptors (Lipinski definition) is 2. The Kier molecular flexibility index (Phi) is 3.76. The van der Waals surface area contributed by atoms with Gasteiger partial charge in [-0.05, 0) is 55.3 Å². The molecule has 19 heavy (non-hydrogen) atoms. The average molecular weight is 275 g/mol. The lowest BCUT2D eigenvalue weighted by atomic mass is 10.1. The molecule has 2 aromatic rings. The maximum absolute atomic E-state index is 12.1. The summed E-state index contributed by atoms with van der Waals surface area (Å²) in [7, 11) is 0. The van der Waals surface area contributed by atoms with Crippen molar-refractivity contribution in [2.75, 3.05) is 11.1 Å². The second-order valence-corrected chi connectivity index (χ2v) is 4.96. The molecule has 0 saturated heterocycles. The van der Waals surface area contributed by atoms with Gasteiger partial charge in [0.1, 0.15) is 0 Å². The van der Waals surface area contributed by atoms with Crippen LogP contribution >= 0.6 is 11.6 Å². The number of carbonyl (C=O) groups is 1. The minimum atomic E-state index is -0.199. The molecular formula is C15H15ClN2O. The van der Waals surface area contributed by atoms with Crippen molar-refractivity contribution >= 4 is 28.9 Å². The van der Waals surface area contributed by atoms with Gasteiger partial charge in [-0.15, -0.1) is 0 Å². The first kappa shape index (κ1) is 13.4. The first-order valence-electron chi connectivity index (χ1n) is 5.90. The maximum atomic E-state index is 12.1. The quantitative estimate of drug-likeness (QED) is 0.819. The molecule has 0 saturated carbocycles. The molecule has 0 fully saturated rings. The SMILES string of the molecule is Cc1cc(N)cc(C(=O)Nc2ccc(C)c(Cl)c2)c1. The molecule has 0 aromatic heterocycles. The molecule has 1 amide bonds. The van der Waals surface area contributed by atoms with E-state index >= 15 is 0 Å². The van der Waals surface area contributed by atoms with Crippen LogP contribution in [0, 0.1) is 13.8 Å². The van der Waals surface area contributed by atoms with Crippen LogP contribution < -0.4 is 11.1 Å². The van der Waals surface area contributed by atoms with E-state index in [9.17, 15) is 4.79 Å². The van der Waals surface area contributed by atoms with Gasteiger partial charge in [-0.2, -0.15) is 0 Å². The van der Waals surface area contributed by atoms with E-state index in [4.69, 9.17) is 17.3 Å². The topological polar surface area (TPSA) is 55.1 Å². The van der Waals surface area contributed by atoms with Crippen molar-refractivity contribution in [3.63, 3.8) is 0 Å². The van der Waals surface area contributed by atoms with Crippen molar-refractivity contribution in [2.45, 2.75) is 13.8 Å². The summed E-state index contributed by atoms with van der Waals surface area (Å²) >= 11 is 6.02. The van der Waals surface area contributed by atoms with Crippen LogP contribution in [-0.4, -0.2) is 5.91 Å². The monoisotopic (exact) mass is 274 g/mol. The minimum absolute atomic E-state index is 0.199. The van der Waals surface area contributed by atoms with Gasteiger partial charge in [0.2, 0.25) is 0 Å². The normalized spacial score (nSPS) is 10.3. The summed E-state index contributed by atoms with van der Waals surface area (Å²) in [6, 6.07) is 10.7. The van der Waals surface area contributed by atoms with Crippen LogP contribution in [0.4, 0.5) is 11.4 Å². The predicted molar refractivity (Wildman–Crippen MR) is 79.7 cm³/mol. The molecule has 4 heteroatoms. The number of carbonyl (C=O) groups excluding carboxylic acids is 1. The average Bonchev–Trinajstić information content (AvgIpc) is 2.32. The lowest BCUT2D eigenvalue weighted by Crippen LogP contribution is -2.12. The number of benzene rings is 2. The highest BCUT2D eigenvalue weighted by Gasteiger charge is 2.08. The lowest BCUT2D eigenvalue weighted by molar-refractivity contribution is 0.102. The van der Waals surface area contributed by atoms with Crippen molar-refractivity contribution in [3.05, 3.63) is 58.1 Å². The van der Waals surface area contributed by atoms with Gasteiger partial charge in [0.05, 0.1) is 0 Å². The Morgan fingerprint density at radius 3 is 2.53 bits per heavy atom.